The molecule has 31 heavy (non-hydrogen) atoms. The van der Waals surface area contributed by atoms with Crippen LogP contribution in [0.25, 0.3) is 0 Å². The Morgan fingerprint density at radius 3 is 2.13 bits per heavy atom. The summed E-state index contributed by atoms with van der Waals surface area (Å²) in [5.74, 6) is -0.115. The van der Waals surface area contributed by atoms with E-state index in [-0.39, 0.29) is 5.97 Å². The highest BCUT2D eigenvalue weighted by atomic mass is 16.5. The predicted octanol–water partition coefficient (Wildman–Crippen LogP) is 6.09. The molecule has 0 atom stereocenters. The Morgan fingerprint density at radius 2 is 1.42 bits per heavy atom. The van der Waals surface area contributed by atoms with Crippen molar-refractivity contribution in [2.75, 3.05) is 32.9 Å². The van der Waals surface area contributed by atoms with Crippen molar-refractivity contribution in [2.24, 2.45) is 0 Å². The molecule has 0 saturated carbocycles. The van der Waals surface area contributed by atoms with Crippen molar-refractivity contribution in [3.05, 3.63) is 60.8 Å². The summed E-state index contributed by atoms with van der Waals surface area (Å²) in [5, 5.41) is 3.29. The van der Waals surface area contributed by atoms with E-state index in [0.29, 0.717) is 13.2 Å². The van der Waals surface area contributed by atoms with Crippen molar-refractivity contribution in [3.63, 3.8) is 0 Å². The number of allylic oxidation sites excluding steroid dienone is 10. The zero-order chi connectivity index (χ0) is 22.2. The van der Waals surface area contributed by atoms with Gasteiger partial charge in [0, 0.05) is 32.6 Å². The van der Waals surface area contributed by atoms with E-state index in [0.717, 1.165) is 58.3 Å². The molecule has 4 heteroatoms. The second-order valence-electron chi connectivity index (χ2n) is 7.83. The number of rotatable bonds is 17. The molecule has 1 heterocycles. The lowest BCUT2D eigenvalue weighted by molar-refractivity contribution is -0.148. The lowest BCUT2D eigenvalue weighted by Gasteiger charge is -2.26. The molecule has 0 spiro atoms. The maximum absolute atomic E-state index is 11.7. The summed E-state index contributed by atoms with van der Waals surface area (Å²) in [6.45, 7) is 6.43. The molecule has 1 aliphatic heterocycles. The molecule has 1 fully saturated rings. The Morgan fingerprint density at radius 1 is 0.806 bits per heavy atom. The molecule has 0 radical (unpaired) electrons. The molecule has 0 aromatic heterocycles. The Kier molecular flexibility index (Phi) is 18.7. The van der Waals surface area contributed by atoms with Crippen molar-refractivity contribution in [1.82, 2.24) is 10.2 Å². The van der Waals surface area contributed by atoms with Crippen molar-refractivity contribution < 1.29 is 9.53 Å². The normalized spacial score (nSPS) is 16.0. The van der Waals surface area contributed by atoms with E-state index in [1.54, 1.807) is 0 Å². The van der Waals surface area contributed by atoms with Crippen LogP contribution in [-0.4, -0.2) is 43.8 Å². The van der Waals surface area contributed by atoms with E-state index in [2.05, 4.69) is 65.7 Å². The van der Waals surface area contributed by atoms with Crippen LogP contribution in [0.1, 0.15) is 71.1 Å². The molecule has 1 N–H and O–H groups in total. The second kappa shape index (κ2) is 21.3. The van der Waals surface area contributed by atoms with Crippen LogP contribution < -0.4 is 5.32 Å². The minimum atomic E-state index is -0.115. The smallest absolute Gasteiger partial charge is 0.307 e. The van der Waals surface area contributed by atoms with Gasteiger partial charge in [-0.2, -0.15) is 0 Å². The van der Waals surface area contributed by atoms with Crippen LogP contribution in [0.2, 0.25) is 0 Å². The summed E-state index contributed by atoms with van der Waals surface area (Å²) in [7, 11) is 0. The van der Waals surface area contributed by atoms with Crippen LogP contribution in [-0.2, 0) is 9.53 Å². The first-order valence-corrected chi connectivity index (χ1v) is 12.2. The lowest BCUT2D eigenvalue weighted by Crippen LogP contribution is -2.44. The third kappa shape index (κ3) is 18.6. The predicted molar refractivity (Wildman–Crippen MR) is 133 cm³/mol. The molecule has 1 aliphatic rings. The van der Waals surface area contributed by atoms with E-state index in [4.69, 9.17) is 4.74 Å². The van der Waals surface area contributed by atoms with E-state index in [9.17, 15) is 4.79 Å². The molecule has 1 saturated heterocycles. The fourth-order valence-corrected chi connectivity index (χ4v) is 3.13. The van der Waals surface area contributed by atoms with Gasteiger partial charge in [-0.15, -0.1) is 0 Å². The molecule has 1 rings (SSSR count). The maximum atomic E-state index is 11.7. The Hall–Kier alpha value is -1.91. The second-order valence-corrected chi connectivity index (χ2v) is 7.83. The van der Waals surface area contributed by atoms with E-state index in [1.165, 1.54) is 25.7 Å². The number of esters is 1. The monoisotopic (exact) mass is 428 g/mol. The molecule has 0 aliphatic carbocycles. The van der Waals surface area contributed by atoms with E-state index >= 15 is 0 Å². The zero-order valence-electron chi connectivity index (χ0n) is 19.6. The first-order chi connectivity index (χ1) is 15.3. The van der Waals surface area contributed by atoms with E-state index < -0.39 is 0 Å². The molecule has 0 unspecified atom stereocenters. The Balaban J connectivity index is 1.90. The number of hydrogen-bond acceptors (Lipinski definition) is 4. The van der Waals surface area contributed by atoms with Gasteiger partial charge in [-0.05, 0) is 57.8 Å². The fraction of sp³-hybridized carbons (Fsp3) is 0.593. The van der Waals surface area contributed by atoms with Crippen molar-refractivity contribution in [2.45, 2.75) is 71.1 Å². The average molecular weight is 429 g/mol. The summed E-state index contributed by atoms with van der Waals surface area (Å²) in [5.41, 5.74) is 0. The average Bonchev–Trinajstić information content (AvgIpc) is 2.80. The van der Waals surface area contributed by atoms with Gasteiger partial charge < -0.3 is 10.1 Å². The van der Waals surface area contributed by atoms with Gasteiger partial charge in [0.2, 0.25) is 0 Å². The minimum Gasteiger partial charge on any atom is -0.449 e. The molecule has 0 aromatic carbocycles. The maximum Gasteiger partial charge on any atom is 0.307 e. The van der Waals surface area contributed by atoms with Gasteiger partial charge in [0.15, 0.2) is 0 Å². The number of hydrogen-bond donors (Lipinski definition) is 1. The number of nitrogens with one attached hydrogen (secondary N) is 1. The highest BCUT2D eigenvalue weighted by Crippen LogP contribution is 2.03. The lowest BCUT2D eigenvalue weighted by atomic mass is 10.1. The fourth-order valence-electron chi connectivity index (χ4n) is 3.13. The van der Waals surface area contributed by atoms with Crippen molar-refractivity contribution in [3.8, 4) is 0 Å². The SMILES string of the molecule is CCC=CCCCCC=CCC=CCCC=CC=CCCC(=O)OCN1CCNCC1. The number of unbranched alkanes of at least 4 members (excludes halogenated alkanes) is 4. The highest BCUT2D eigenvalue weighted by molar-refractivity contribution is 5.69. The van der Waals surface area contributed by atoms with Gasteiger partial charge in [0.05, 0.1) is 0 Å². The molecule has 0 aromatic rings. The van der Waals surface area contributed by atoms with Crippen LogP contribution in [0.15, 0.2) is 60.8 Å². The first kappa shape index (κ1) is 27.1. The minimum absolute atomic E-state index is 0.115. The van der Waals surface area contributed by atoms with Gasteiger partial charge in [-0.3, -0.25) is 9.69 Å². The standard InChI is InChI=1S/C27H44N2O2/c1-2-3-4-5-6-7-8-9-10-11-12-13-14-15-16-17-18-19-20-21-27(30)31-26-29-24-22-28-23-25-29/h3-4,9-10,12-13,16-19,28H,2,5-8,11,14-15,20-26H2,1H3. The third-order valence-electron chi connectivity index (χ3n) is 5.02. The molecular weight excluding hydrogens is 384 g/mol. The molecule has 0 bridgehead atoms. The van der Waals surface area contributed by atoms with Crippen LogP contribution in [0.4, 0.5) is 0 Å². The van der Waals surface area contributed by atoms with Gasteiger partial charge in [0.25, 0.3) is 0 Å². The first-order valence-electron chi connectivity index (χ1n) is 12.2. The van der Waals surface area contributed by atoms with Gasteiger partial charge in [-0.25, -0.2) is 0 Å². The number of carbonyl (C=O) groups is 1. The number of ether oxygens (including phenoxy) is 1. The highest BCUT2D eigenvalue weighted by Gasteiger charge is 2.10. The van der Waals surface area contributed by atoms with Crippen LogP contribution in [0.3, 0.4) is 0 Å². The molecular formula is C27H44N2O2. The summed E-state index contributed by atoms with van der Waals surface area (Å²) < 4.78 is 5.31. The molecule has 0 amide bonds. The van der Waals surface area contributed by atoms with Crippen molar-refractivity contribution >= 4 is 5.97 Å². The number of piperazine rings is 1. The summed E-state index contributed by atoms with van der Waals surface area (Å²) in [6, 6.07) is 0. The van der Waals surface area contributed by atoms with Gasteiger partial charge >= 0.3 is 5.97 Å². The van der Waals surface area contributed by atoms with Crippen LogP contribution >= 0.6 is 0 Å². The summed E-state index contributed by atoms with van der Waals surface area (Å²) in [4.78, 5) is 13.9. The van der Waals surface area contributed by atoms with Gasteiger partial charge in [0.1, 0.15) is 6.73 Å². The quantitative estimate of drug-likeness (QED) is 0.132. The largest absolute Gasteiger partial charge is 0.449 e. The third-order valence-corrected chi connectivity index (χ3v) is 5.02. The van der Waals surface area contributed by atoms with Gasteiger partial charge in [-0.1, -0.05) is 67.7 Å². The zero-order valence-corrected chi connectivity index (χ0v) is 19.6. The van der Waals surface area contributed by atoms with E-state index in [1.807, 2.05) is 12.2 Å². The topological polar surface area (TPSA) is 41.6 Å². The summed E-state index contributed by atoms with van der Waals surface area (Å²) in [6.07, 6.45) is 32.4. The number of carbonyl (C=O) groups excluding carboxylic acids is 1. The summed E-state index contributed by atoms with van der Waals surface area (Å²) >= 11 is 0. The van der Waals surface area contributed by atoms with Crippen LogP contribution in [0.5, 0.6) is 0 Å². The Bertz CT molecular complexity index is 570. The molecule has 4 nitrogen and oxygen atoms in total. The van der Waals surface area contributed by atoms with Crippen molar-refractivity contribution in [1.29, 1.82) is 0 Å². The molecule has 174 valence electrons. The van der Waals surface area contributed by atoms with Crippen LogP contribution in [0, 0.1) is 0 Å². The number of nitrogens with zero attached hydrogens (tertiary/aromatic N) is 1. The Labute approximate surface area is 190 Å².